The summed E-state index contributed by atoms with van der Waals surface area (Å²) in [5.41, 5.74) is 1.15. The fourth-order valence-corrected chi connectivity index (χ4v) is 1.30. The fourth-order valence-electron chi connectivity index (χ4n) is 0.746. The summed E-state index contributed by atoms with van der Waals surface area (Å²) in [5, 5.41) is 0. The smallest absolute Gasteiger partial charge is 0.188 e. The minimum absolute atomic E-state index is 0. The highest BCUT2D eigenvalue weighted by molar-refractivity contribution is 7.80. The quantitative estimate of drug-likeness (QED) is 0.768. The Balaban J connectivity index is 0.00000121. The van der Waals surface area contributed by atoms with Crippen LogP contribution in [-0.2, 0) is 15.3 Å². The van der Waals surface area contributed by atoms with E-state index in [4.69, 9.17) is 0 Å². The van der Waals surface area contributed by atoms with Crippen molar-refractivity contribution in [2.45, 2.75) is 11.8 Å². The summed E-state index contributed by atoms with van der Waals surface area (Å²) >= 11 is -1.30. The van der Waals surface area contributed by atoms with Gasteiger partial charge < -0.3 is 6.15 Å². The average Bonchev–Trinajstić information content (AvgIpc) is 2.05. The number of hydrogen-bond donors (Lipinski definition) is 1. The van der Waals surface area contributed by atoms with E-state index in [2.05, 4.69) is 4.18 Å². The Morgan fingerprint density at radius 3 is 2.17 bits per heavy atom. The fraction of sp³-hybridized carbons (Fsp3) is 0.250. The Hall–Kier alpha value is -0.710. The third-order valence-corrected chi connectivity index (χ3v) is 2.32. The summed E-state index contributed by atoms with van der Waals surface area (Å²) < 4.78 is 15.7. The summed E-state index contributed by atoms with van der Waals surface area (Å²) in [6.07, 6.45) is 0. The van der Waals surface area contributed by atoms with E-state index in [1.54, 1.807) is 12.1 Å². The summed E-state index contributed by atoms with van der Waals surface area (Å²) in [6, 6.07) is 7.42. The molecule has 1 aromatic rings. The zero-order valence-corrected chi connectivity index (χ0v) is 8.06. The Kier molecular flexibility index (Phi) is 4.73. The van der Waals surface area contributed by atoms with Gasteiger partial charge >= 0.3 is 0 Å². The zero-order chi connectivity index (χ0) is 8.27. The number of hydrogen-bond acceptors (Lipinski definition) is 3. The predicted molar refractivity (Wildman–Crippen MR) is 49.6 cm³/mol. The molecule has 0 saturated heterocycles. The Bertz CT molecular complexity index is 258. The summed E-state index contributed by atoms with van der Waals surface area (Å²) in [7, 11) is 1.43. The summed E-state index contributed by atoms with van der Waals surface area (Å²) in [6.45, 7) is 1.99. The SMILES string of the molecule is COS(=O)c1ccc(C)cc1.N. The van der Waals surface area contributed by atoms with Crippen LogP contribution < -0.4 is 6.15 Å². The maximum atomic E-state index is 11.0. The topological polar surface area (TPSA) is 61.3 Å². The molecule has 1 rings (SSSR count). The van der Waals surface area contributed by atoms with Crippen molar-refractivity contribution in [3.63, 3.8) is 0 Å². The highest BCUT2D eigenvalue weighted by Crippen LogP contribution is 2.07. The molecule has 0 aliphatic rings. The highest BCUT2D eigenvalue weighted by atomic mass is 32.2. The molecule has 12 heavy (non-hydrogen) atoms. The molecule has 0 saturated carbocycles. The Labute approximate surface area is 75.0 Å². The van der Waals surface area contributed by atoms with Gasteiger partial charge in [0.25, 0.3) is 0 Å². The molecule has 1 atom stereocenters. The van der Waals surface area contributed by atoms with Crippen molar-refractivity contribution in [2.75, 3.05) is 7.11 Å². The molecule has 0 spiro atoms. The van der Waals surface area contributed by atoms with Crippen LogP contribution in [0.5, 0.6) is 0 Å². The van der Waals surface area contributed by atoms with Crippen LogP contribution in [-0.4, -0.2) is 11.3 Å². The molecular formula is C8H13NO2S. The van der Waals surface area contributed by atoms with Gasteiger partial charge in [0, 0.05) is 0 Å². The molecule has 3 N–H and O–H groups in total. The van der Waals surface area contributed by atoms with Gasteiger partial charge in [0.05, 0.1) is 12.0 Å². The minimum Gasteiger partial charge on any atom is -0.344 e. The molecule has 4 heteroatoms. The lowest BCUT2D eigenvalue weighted by Gasteiger charge is -1.97. The zero-order valence-electron chi connectivity index (χ0n) is 7.24. The lowest BCUT2D eigenvalue weighted by molar-refractivity contribution is 0.445. The second-order valence-electron chi connectivity index (χ2n) is 2.21. The first-order valence-electron chi connectivity index (χ1n) is 3.27. The summed E-state index contributed by atoms with van der Waals surface area (Å²) in [5.74, 6) is 0. The number of benzene rings is 1. The first-order chi connectivity index (χ1) is 5.24. The van der Waals surface area contributed by atoms with E-state index in [9.17, 15) is 4.21 Å². The van der Waals surface area contributed by atoms with Gasteiger partial charge in [-0.3, -0.25) is 4.18 Å². The Morgan fingerprint density at radius 2 is 1.75 bits per heavy atom. The Morgan fingerprint density at radius 1 is 1.25 bits per heavy atom. The maximum Gasteiger partial charge on any atom is 0.188 e. The van der Waals surface area contributed by atoms with Gasteiger partial charge in [-0.2, -0.15) is 0 Å². The van der Waals surface area contributed by atoms with Crippen molar-refractivity contribution in [1.29, 1.82) is 0 Å². The van der Waals surface area contributed by atoms with E-state index in [0.717, 1.165) is 5.56 Å². The molecule has 1 unspecified atom stereocenters. The molecule has 0 aliphatic carbocycles. The van der Waals surface area contributed by atoms with Crippen molar-refractivity contribution in [3.8, 4) is 0 Å². The highest BCUT2D eigenvalue weighted by Gasteiger charge is 1.99. The van der Waals surface area contributed by atoms with Gasteiger partial charge in [0.15, 0.2) is 11.1 Å². The second-order valence-corrected chi connectivity index (χ2v) is 3.49. The lowest BCUT2D eigenvalue weighted by Crippen LogP contribution is -1.92. The molecule has 0 aliphatic heterocycles. The van der Waals surface area contributed by atoms with Gasteiger partial charge in [-0.15, -0.1) is 0 Å². The third kappa shape index (κ3) is 2.73. The van der Waals surface area contributed by atoms with Crippen molar-refractivity contribution >= 4 is 11.1 Å². The van der Waals surface area contributed by atoms with Gasteiger partial charge in [0.1, 0.15) is 0 Å². The van der Waals surface area contributed by atoms with E-state index in [-0.39, 0.29) is 6.15 Å². The van der Waals surface area contributed by atoms with E-state index in [1.807, 2.05) is 19.1 Å². The van der Waals surface area contributed by atoms with Gasteiger partial charge in [-0.05, 0) is 19.1 Å². The van der Waals surface area contributed by atoms with Gasteiger partial charge in [-0.1, -0.05) is 17.7 Å². The molecule has 0 bridgehead atoms. The van der Waals surface area contributed by atoms with Crippen LogP contribution in [0.3, 0.4) is 0 Å². The molecule has 0 heterocycles. The molecule has 1 aromatic carbocycles. The van der Waals surface area contributed by atoms with Crippen LogP contribution in [0, 0.1) is 6.92 Å². The monoisotopic (exact) mass is 187 g/mol. The van der Waals surface area contributed by atoms with Gasteiger partial charge in [0.2, 0.25) is 0 Å². The molecule has 0 fully saturated rings. The molecular weight excluding hydrogens is 174 g/mol. The van der Waals surface area contributed by atoms with Crippen LogP contribution >= 0.6 is 0 Å². The standard InChI is InChI=1S/C8H10O2S.H3N/c1-7-3-5-8(6-4-7)11(9)10-2;/h3-6H,1-2H3;1H3. The lowest BCUT2D eigenvalue weighted by atomic mass is 10.2. The van der Waals surface area contributed by atoms with E-state index < -0.39 is 11.1 Å². The molecule has 3 nitrogen and oxygen atoms in total. The van der Waals surface area contributed by atoms with Crippen molar-refractivity contribution in [1.82, 2.24) is 6.15 Å². The first-order valence-corrected chi connectivity index (χ1v) is 4.34. The van der Waals surface area contributed by atoms with E-state index in [1.165, 1.54) is 7.11 Å². The van der Waals surface area contributed by atoms with Crippen LogP contribution in [0.25, 0.3) is 0 Å². The first kappa shape index (κ1) is 11.3. The third-order valence-electron chi connectivity index (χ3n) is 1.36. The largest absolute Gasteiger partial charge is 0.344 e. The van der Waals surface area contributed by atoms with Crippen LogP contribution in [0.4, 0.5) is 0 Å². The van der Waals surface area contributed by atoms with E-state index >= 15 is 0 Å². The minimum atomic E-state index is -1.30. The second kappa shape index (κ2) is 5.03. The number of rotatable bonds is 2. The maximum absolute atomic E-state index is 11.0. The molecule has 0 aromatic heterocycles. The van der Waals surface area contributed by atoms with Crippen LogP contribution in [0.2, 0.25) is 0 Å². The normalized spacial score (nSPS) is 11.8. The molecule has 0 radical (unpaired) electrons. The average molecular weight is 187 g/mol. The van der Waals surface area contributed by atoms with Crippen LogP contribution in [0.1, 0.15) is 5.56 Å². The van der Waals surface area contributed by atoms with Crippen LogP contribution in [0.15, 0.2) is 29.2 Å². The summed E-state index contributed by atoms with van der Waals surface area (Å²) in [4.78, 5) is 0.707. The van der Waals surface area contributed by atoms with Gasteiger partial charge in [-0.25, -0.2) is 4.21 Å². The van der Waals surface area contributed by atoms with Crippen molar-refractivity contribution < 1.29 is 8.39 Å². The molecule has 0 amide bonds. The molecule has 68 valence electrons. The number of aryl methyl sites for hydroxylation is 1. The van der Waals surface area contributed by atoms with Crippen molar-refractivity contribution in [3.05, 3.63) is 29.8 Å². The van der Waals surface area contributed by atoms with E-state index in [0.29, 0.717) is 4.90 Å². The van der Waals surface area contributed by atoms with Crippen molar-refractivity contribution in [2.24, 2.45) is 0 Å². The predicted octanol–water partition coefficient (Wildman–Crippen LogP) is 1.83.